The van der Waals surface area contributed by atoms with Gasteiger partial charge in [0.05, 0.1) is 17.4 Å². The molecule has 1 aliphatic heterocycles. The summed E-state index contributed by atoms with van der Waals surface area (Å²) in [6.45, 7) is 3.19. The zero-order valence-corrected chi connectivity index (χ0v) is 13.4. The number of thioether (sulfide) groups is 1. The Kier molecular flexibility index (Phi) is 6.06. The molecule has 0 aliphatic carbocycles. The van der Waals surface area contributed by atoms with Crippen molar-refractivity contribution < 1.29 is 8.42 Å². The molecule has 0 radical (unpaired) electrons. The average Bonchev–Trinajstić information content (AvgIpc) is 2.48. The maximum Gasteiger partial charge on any atom is 0.215 e. The molecule has 1 saturated heterocycles. The Labute approximate surface area is 130 Å². The Bertz CT molecular complexity index is 605. The molecule has 1 heterocycles. The molecule has 0 atom stereocenters. The van der Waals surface area contributed by atoms with Crippen LogP contribution in [0.25, 0.3) is 0 Å². The molecular formula is C14H19N3O2S2. The second-order valence-electron chi connectivity index (χ2n) is 4.88. The first-order valence-corrected chi connectivity index (χ1v) is 9.67. The van der Waals surface area contributed by atoms with Crippen molar-refractivity contribution in [2.75, 3.05) is 37.7 Å². The van der Waals surface area contributed by atoms with E-state index in [0.717, 1.165) is 31.1 Å². The molecule has 0 unspecified atom stereocenters. The third kappa shape index (κ3) is 5.32. The lowest BCUT2D eigenvalue weighted by Crippen LogP contribution is -2.39. The number of nitrogens with one attached hydrogen (secondary N) is 1. The molecule has 0 saturated carbocycles. The van der Waals surface area contributed by atoms with Gasteiger partial charge in [-0.2, -0.15) is 17.0 Å². The molecule has 0 amide bonds. The Morgan fingerprint density at radius 2 is 2.00 bits per heavy atom. The molecule has 0 spiro atoms. The molecule has 1 aromatic carbocycles. The van der Waals surface area contributed by atoms with Gasteiger partial charge >= 0.3 is 0 Å². The van der Waals surface area contributed by atoms with Gasteiger partial charge in [-0.3, -0.25) is 0 Å². The molecule has 1 fully saturated rings. The molecule has 114 valence electrons. The van der Waals surface area contributed by atoms with Crippen molar-refractivity contribution in [1.82, 2.24) is 9.62 Å². The van der Waals surface area contributed by atoms with Crippen molar-refractivity contribution in [3.05, 3.63) is 35.4 Å². The average molecular weight is 325 g/mol. The second-order valence-corrected chi connectivity index (χ2v) is 7.91. The maximum absolute atomic E-state index is 12.1. The third-order valence-electron chi connectivity index (χ3n) is 3.34. The first-order chi connectivity index (χ1) is 10.1. The highest BCUT2D eigenvalue weighted by atomic mass is 32.2. The zero-order chi connectivity index (χ0) is 15.1. The van der Waals surface area contributed by atoms with Crippen LogP contribution >= 0.6 is 11.8 Å². The lowest BCUT2D eigenvalue weighted by Gasteiger charge is -2.25. The van der Waals surface area contributed by atoms with E-state index in [1.165, 1.54) is 0 Å². The number of hydrogen-bond donors (Lipinski definition) is 1. The van der Waals surface area contributed by atoms with Crippen molar-refractivity contribution in [2.45, 2.75) is 5.75 Å². The van der Waals surface area contributed by atoms with Crippen LogP contribution in [0.2, 0.25) is 0 Å². The summed E-state index contributed by atoms with van der Waals surface area (Å²) >= 11 is 1.93. The largest absolute Gasteiger partial charge is 0.300 e. The topological polar surface area (TPSA) is 73.2 Å². The normalized spacial score (nSPS) is 16.5. The van der Waals surface area contributed by atoms with E-state index in [4.69, 9.17) is 5.26 Å². The molecule has 1 aliphatic rings. The van der Waals surface area contributed by atoms with Gasteiger partial charge in [-0.1, -0.05) is 18.2 Å². The van der Waals surface area contributed by atoms with Crippen LogP contribution in [-0.4, -0.2) is 51.0 Å². The van der Waals surface area contributed by atoms with Gasteiger partial charge in [-0.05, 0) is 11.6 Å². The molecule has 2 rings (SSSR count). The van der Waals surface area contributed by atoms with Crippen LogP contribution in [-0.2, 0) is 15.8 Å². The monoisotopic (exact) mass is 325 g/mol. The Balaban J connectivity index is 1.85. The number of nitrogens with zero attached hydrogens (tertiary/aromatic N) is 2. The summed E-state index contributed by atoms with van der Waals surface area (Å²) < 4.78 is 26.8. The van der Waals surface area contributed by atoms with Gasteiger partial charge in [-0.25, -0.2) is 13.1 Å². The van der Waals surface area contributed by atoms with Gasteiger partial charge in [0.1, 0.15) is 0 Å². The van der Waals surface area contributed by atoms with E-state index < -0.39 is 10.0 Å². The van der Waals surface area contributed by atoms with Gasteiger partial charge in [-0.15, -0.1) is 0 Å². The standard InChI is InChI=1S/C14H19N3O2S2/c15-11-13-3-1-2-4-14(13)12-21(18,19)16-5-6-17-7-9-20-10-8-17/h1-4,16H,5-10,12H2. The summed E-state index contributed by atoms with van der Waals surface area (Å²) in [6.07, 6.45) is 0. The first-order valence-electron chi connectivity index (χ1n) is 6.86. The van der Waals surface area contributed by atoms with Crippen molar-refractivity contribution >= 4 is 21.8 Å². The SMILES string of the molecule is N#Cc1ccccc1CS(=O)(=O)NCCN1CCSCC1. The highest BCUT2D eigenvalue weighted by molar-refractivity contribution is 7.99. The fourth-order valence-electron chi connectivity index (χ4n) is 2.20. The molecule has 0 aromatic heterocycles. The fourth-order valence-corrected chi connectivity index (χ4v) is 4.34. The van der Waals surface area contributed by atoms with E-state index in [-0.39, 0.29) is 5.75 Å². The van der Waals surface area contributed by atoms with E-state index >= 15 is 0 Å². The lowest BCUT2D eigenvalue weighted by molar-refractivity contribution is 0.307. The van der Waals surface area contributed by atoms with Crippen LogP contribution in [0.3, 0.4) is 0 Å². The van der Waals surface area contributed by atoms with Crippen LogP contribution in [0.4, 0.5) is 0 Å². The third-order valence-corrected chi connectivity index (χ3v) is 5.61. The van der Waals surface area contributed by atoms with Crippen LogP contribution in [0, 0.1) is 11.3 Å². The molecule has 7 heteroatoms. The number of nitriles is 1. The first kappa shape index (κ1) is 16.3. The Hall–Kier alpha value is -1.07. The number of hydrogen-bond acceptors (Lipinski definition) is 5. The van der Waals surface area contributed by atoms with E-state index in [2.05, 4.69) is 9.62 Å². The van der Waals surface area contributed by atoms with Crippen molar-refractivity contribution in [3.63, 3.8) is 0 Å². The minimum atomic E-state index is -3.40. The van der Waals surface area contributed by atoms with Crippen molar-refractivity contribution in [2.24, 2.45) is 0 Å². The van der Waals surface area contributed by atoms with E-state index in [9.17, 15) is 8.42 Å². The van der Waals surface area contributed by atoms with Crippen molar-refractivity contribution in [3.8, 4) is 6.07 Å². The lowest BCUT2D eigenvalue weighted by atomic mass is 10.1. The maximum atomic E-state index is 12.1. The highest BCUT2D eigenvalue weighted by Gasteiger charge is 2.15. The fraction of sp³-hybridized carbons (Fsp3) is 0.500. The van der Waals surface area contributed by atoms with Gasteiger partial charge in [0.15, 0.2) is 0 Å². The molecule has 0 bridgehead atoms. The zero-order valence-electron chi connectivity index (χ0n) is 11.8. The molecular weight excluding hydrogens is 306 g/mol. The predicted octanol–water partition coefficient (Wildman–Crippen LogP) is 1.03. The summed E-state index contributed by atoms with van der Waals surface area (Å²) in [5.41, 5.74) is 0.956. The second kappa shape index (κ2) is 7.80. The van der Waals surface area contributed by atoms with Crippen LogP contribution in [0.5, 0.6) is 0 Å². The number of benzene rings is 1. The molecule has 5 nitrogen and oxygen atoms in total. The van der Waals surface area contributed by atoms with Crippen LogP contribution in [0.1, 0.15) is 11.1 Å². The van der Waals surface area contributed by atoms with Crippen LogP contribution < -0.4 is 4.72 Å². The molecule has 1 aromatic rings. The number of sulfonamides is 1. The highest BCUT2D eigenvalue weighted by Crippen LogP contribution is 2.11. The molecule has 1 N–H and O–H groups in total. The van der Waals surface area contributed by atoms with Gasteiger partial charge in [0, 0.05) is 37.7 Å². The summed E-state index contributed by atoms with van der Waals surface area (Å²) in [6, 6.07) is 8.82. The predicted molar refractivity (Wildman–Crippen MR) is 85.5 cm³/mol. The smallest absolute Gasteiger partial charge is 0.215 e. The van der Waals surface area contributed by atoms with E-state index in [0.29, 0.717) is 17.7 Å². The summed E-state index contributed by atoms with van der Waals surface area (Å²) in [4.78, 5) is 2.27. The molecule has 21 heavy (non-hydrogen) atoms. The van der Waals surface area contributed by atoms with Gasteiger partial charge in [0.25, 0.3) is 0 Å². The summed E-state index contributed by atoms with van der Waals surface area (Å²) in [5, 5.41) is 8.99. The summed E-state index contributed by atoms with van der Waals surface area (Å²) in [5.74, 6) is 2.08. The van der Waals surface area contributed by atoms with Crippen molar-refractivity contribution in [1.29, 1.82) is 5.26 Å². The minimum absolute atomic E-state index is 0.146. The van der Waals surface area contributed by atoms with E-state index in [1.807, 2.05) is 17.8 Å². The van der Waals surface area contributed by atoms with Crippen LogP contribution in [0.15, 0.2) is 24.3 Å². The Morgan fingerprint density at radius 1 is 1.29 bits per heavy atom. The number of rotatable bonds is 6. The summed E-state index contributed by atoms with van der Waals surface area (Å²) in [7, 11) is -3.40. The van der Waals surface area contributed by atoms with Gasteiger partial charge in [0.2, 0.25) is 10.0 Å². The quantitative estimate of drug-likeness (QED) is 0.845. The minimum Gasteiger partial charge on any atom is -0.300 e. The Morgan fingerprint density at radius 3 is 2.71 bits per heavy atom. The van der Waals surface area contributed by atoms with E-state index in [1.54, 1.807) is 24.3 Å². The van der Waals surface area contributed by atoms with Gasteiger partial charge < -0.3 is 4.90 Å².